The molecule has 0 spiro atoms. The van der Waals surface area contributed by atoms with E-state index in [0.717, 1.165) is 10.8 Å². The summed E-state index contributed by atoms with van der Waals surface area (Å²) in [6.45, 7) is 0. The smallest absolute Gasteiger partial charge is 0.354 e. The van der Waals surface area contributed by atoms with Gasteiger partial charge in [-0.15, -0.1) is 0 Å². The highest BCUT2D eigenvalue weighted by atomic mass is 16.4. The second-order valence-corrected chi connectivity index (χ2v) is 3.75. The number of carboxylic acid groups (broad SMARTS) is 1. The minimum atomic E-state index is -1.01. The molecule has 82 valence electrons. The number of nitrogens with zero attached hydrogens (tertiary/aromatic N) is 2. The molecule has 0 atom stereocenters. The predicted octanol–water partition coefficient (Wildman–Crippen LogP) is 2.00. The Hall–Kier alpha value is -2.10. The van der Waals surface area contributed by atoms with Crippen LogP contribution >= 0.6 is 0 Å². The summed E-state index contributed by atoms with van der Waals surface area (Å²) in [5.41, 5.74) is 0.0717. The zero-order chi connectivity index (χ0) is 11.7. The second-order valence-electron chi connectivity index (χ2n) is 3.75. The first-order valence-electron chi connectivity index (χ1n) is 4.90. The van der Waals surface area contributed by atoms with Crippen molar-refractivity contribution in [3.63, 3.8) is 0 Å². The molecule has 0 saturated heterocycles. The molecule has 1 heterocycles. The van der Waals surface area contributed by atoms with Gasteiger partial charge >= 0.3 is 5.97 Å². The van der Waals surface area contributed by atoms with Gasteiger partial charge in [0.25, 0.3) is 0 Å². The monoisotopic (exact) mass is 216 g/mol. The van der Waals surface area contributed by atoms with Gasteiger partial charge in [0.2, 0.25) is 0 Å². The van der Waals surface area contributed by atoms with Crippen LogP contribution in [0.15, 0.2) is 30.3 Å². The van der Waals surface area contributed by atoms with Gasteiger partial charge in [0.15, 0.2) is 5.69 Å². The molecule has 1 N–H and O–H groups in total. The molecule has 0 aliphatic rings. The van der Waals surface area contributed by atoms with E-state index < -0.39 is 5.97 Å². The molecule has 0 unspecified atom stereocenters. The van der Waals surface area contributed by atoms with Crippen LogP contribution in [0.2, 0.25) is 0 Å². The first kappa shape index (κ1) is 10.4. The lowest BCUT2D eigenvalue weighted by Gasteiger charge is -2.14. The number of carboxylic acids is 1. The molecule has 1 aromatic carbocycles. The molecular weight excluding hydrogens is 204 g/mol. The number of aromatic carboxylic acids is 1. The van der Waals surface area contributed by atoms with Crippen molar-refractivity contribution in [3.8, 4) is 0 Å². The van der Waals surface area contributed by atoms with Gasteiger partial charge in [-0.3, -0.25) is 0 Å². The van der Waals surface area contributed by atoms with Crippen molar-refractivity contribution in [2.45, 2.75) is 0 Å². The van der Waals surface area contributed by atoms with Crippen molar-refractivity contribution in [2.24, 2.45) is 0 Å². The molecular formula is C12H12N2O2. The maximum Gasteiger partial charge on any atom is 0.354 e. The zero-order valence-corrected chi connectivity index (χ0v) is 9.14. The highest BCUT2D eigenvalue weighted by Crippen LogP contribution is 2.24. The van der Waals surface area contributed by atoms with Gasteiger partial charge in [-0.2, -0.15) is 0 Å². The van der Waals surface area contributed by atoms with E-state index in [4.69, 9.17) is 5.11 Å². The molecule has 0 fully saturated rings. The quantitative estimate of drug-likeness (QED) is 0.834. The first-order chi connectivity index (χ1) is 7.59. The van der Waals surface area contributed by atoms with E-state index in [1.807, 2.05) is 43.3 Å². The van der Waals surface area contributed by atoms with E-state index in [9.17, 15) is 4.79 Å². The summed E-state index contributed by atoms with van der Waals surface area (Å²) in [6, 6.07) is 9.20. The number of pyridine rings is 1. The Morgan fingerprint density at radius 1 is 1.31 bits per heavy atom. The third kappa shape index (κ3) is 1.69. The third-order valence-corrected chi connectivity index (χ3v) is 2.36. The molecule has 0 aliphatic carbocycles. The number of hydrogen-bond acceptors (Lipinski definition) is 3. The number of anilines is 1. The highest BCUT2D eigenvalue weighted by Gasteiger charge is 2.11. The fraction of sp³-hybridized carbons (Fsp3) is 0.167. The number of rotatable bonds is 2. The second kappa shape index (κ2) is 3.81. The van der Waals surface area contributed by atoms with E-state index >= 15 is 0 Å². The van der Waals surface area contributed by atoms with Gasteiger partial charge in [0, 0.05) is 19.5 Å². The molecule has 0 saturated carbocycles. The summed E-state index contributed by atoms with van der Waals surface area (Å²) in [5.74, 6) is -0.329. The minimum Gasteiger partial charge on any atom is -0.477 e. The lowest BCUT2D eigenvalue weighted by Crippen LogP contribution is -2.13. The standard InChI is InChI=1S/C12H12N2O2/c1-14(2)11-9-6-4-3-5-8(9)7-10(13-11)12(15)16/h3-7H,1-2H3,(H,15,16). The topological polar surface area (TPSA) is 53.4 Å². The van der Waals surface area contributed by atoms with Crippen molar-refractivity contribution >= 4 is 22.6 Å². The molecule has 0 amide bonds. The number of carbonyl (C=O) groups is 1. The van der Waals surface area contributed by atoms with Crippen LogP contribution in [0.4, 0.5) is 5.82 Å². The molecule has 0 aliphatic heterocycles. The summed E-state index contributed by atoms with van der Waals surface area (Å²) < 4.78 is 0. The van der Waals surface area contributed by atoms with E-state index in [2.05, 4.69) is 4.98 Å². The Morgan fingerprint density at radius 3 is 2.62 bits per heavy atom. The number of aromatic nitrogens is 1. The van der Waals surface area contributed by atoms with Crippen LogP contribution < -0.4 is 4.90 Å². The minimum absolute atomic E-state index is 0.0717. The number of hydrogen-bond donors (Lipinski definition) is 1. The number of benzene rings is 1. The average Bonchev–Trinajstić information content (AvgIpc) is 2.27. The summed E-state index contributed by atoms with van der Waals surface area (Å²) >= 11 is 0. The summed E-state index contributed by atoms with van der Waals surface area (Å²) in [7, 11) is 3.70. The Bertz CT molecular complexity index is 550. The molecule has 4 nitrogen and oxygen atoms in total. The molecule has 1 aromatic heterocycles. The van der Waals surface area contributed by atoms with Gasteiger partial charge in [0.1, 0.15) is 5.82 Å². The highest BCUT2D eigenvalue weighted by molar-refractivity contribution is 5.97. The summed E-state index contributed by atoms with van der Waals surface area (Å²) in [4.78, 5) is 16.9. The van der Waals surface area contributed by atoms with E-state index in [0.29, 0.717) is 5.82 Å². The number of fused-ring (bicyclic) bond motifs is 1. The van der Waals surface area contributed by atoms with Gasteiger partial charge < -0.3 is 10.0 Å². The molecule has 0 bridgehead atoms. The first-order valence-corrected chi connectivity index (χ1v) is 4.90. The van der Waals surface area contributed by atoms with Crippen LogP contribution in [-0.2, 0) is 0 Å². The Kier molecular flexibility index (Phi) is 2.48. The van der Waals surface area contributed by atoms with Crippen molar-refractivity contribution in [2.75, 3.05) is 19.0 Å². The van der Waals surface area contributed by atoms with Gasteiger partial charge in [-0.1, -0.05) is 24.3 Å². The van der Waals surface area contributed by atoms with Gasteiger partial charge in [-0.25, -0.2) is 9.78 Å². The molecule has 0 radical (unpaired) electrons. The normalized spacial score (nSPS) is 10.4. The van der Waals surface area contributed by atoms with Crippen LogP contribution in [-0.4, -0.2) is 30.2 Å². The van der Waals surface area contributed by atoms with Crippen LogP contribution in [0.3, 0.4) is 0 Å². The van der Waals surface area contributed by atoms with E-state index in [1.165, 1.54) is 0 Å². The van der Waals surface area contributed by atoms with Crippen molar-refractivity contribution < 1.29 is 9.90 Å². The Labute approximate surface area is 93.1 Å². The molecule has 16 heavy (non-hydrogen) atoms. The maximum atomic E-state index is 10.9. The van der Waals surface area contributed by atoms with Crippen molar-refractivity contribution in [1.29, 1.82) is 0 Å². The van der Waals surface area contributed by atoms with Crippen molar-refractivity contribution in [1.82, 2.24) is 4.98 Å². The van der Waals surface area contributed by atoms with E-state index in [1.54, 1.807) is 6.07 Å². The van der Waals surface area contributed by atoms with Gasteiger partial charge in [-0.05, 0) is 11.5 Å². The van der Waals surface area contributed by atoms with Crippen molar-refractivity contribution in [3.05, 3.63) is 36.0 Å². The van der Waals surface area contributed by atoms with Crippen LogP contribution in [0.1, 0.15) is 10.5 Å². The average molecular weight is 216 g/mol. The summed E-state index contributed by atoms with van der Waals surface area (Å²) in [5, 5.41) is 10.8. The molecule has 2 aromatic rings. The lowest BCUT2D eigenvalue weighted by molar-refractivity contribution is 0.0691. The Balaban J connectivity index is 2.78. The SMILES string of the molecule is CN(C)c1nc(C(=O)O)cc2ccccc12. The maximum absolute atomic E-state index is 10.9. The Morgan fingerprint density at radius 2 is 2.00 bits per heavy atom. The van der Waals surface area contributed by atoms with Crippen LogP contribution in [0.5, 0.6) is 0 Å². The zero-order valence-electron chi connectivity index (χ0n) is 9.14. The van der Waals surface area contributed by atoms with Crippen LogP contribution in [0, 0.1) is 0 Å². The van der Waals surface area contributed by atoms with E-state index in [-0.39, 0.29) is 5.69 Å². The predicted molar refractivity (Wildman–Crippen MR) is 63.0 cm³/mol. The van der Waals surface area contributed by atoms with Crippen LogP contribution in [0.25, 0.3) is 10.8 Å². The van der Waals surface area contributed by atoms with Gasteiger partial charge in [0.05, 0.1) is 0 Å². The molecule has 2 rings (SSSR count). The molecule has 4 heteroatoms. The fourth-order valence-electron chi connectivity index (χ4n) is 1.63. The summed E-state index contributed by atoms with van der Waals surface area (Å²) in [6.07, 6.45) is 0. The third-order valence-electron chi connectivity index (χ3n) is 2.36. The largest absolute Gasteiger partial charge is 0.477 e. The lowest BCUT2D eigenvalue weighted by atomic mass is 10.1. The fourth-order valence-corrected chi connectivity index (χ4v) is 1.63.